The van der Waals surface area contributed by atoms with Gasteiger partial charge in [0.15, 0.2) is 0 Å². The zero-order chi connectivity index (χ0) is 13.7. The van der Waals surface area contributed by atoms with Crippen LogP contribution in [-0.4, -0.2) is 49.8 Å². The molecule has 0 aromatic rings. The molecule has 0 spiro atoms. The van der Waals surface area contributed by atoms with Crippen LogP contribution in [0, 0.1) is 11.8 Å². The minimum atomic E-state index is 0.416. The maximum absolute atomic E-state index is 5.89. The lowest BCUT2D eigenvalue weighted by Gasteiger charge is -2.26. The van der Waals surface area contributed by atoms with Crippen LogP contribution in [0.4, 0.5) is 0 Å². The summed E-state index contributed by atoms with van der Waals surface area (Å²) in [6.07, 6.45) is 6.37. The van der Waals surface area contributed by atoms with Gasteiger partial charge in [-0.2, -0.15) is 0 Å². The van der Waals surface area contributed by atoms with E-state index >= 15 is 0 Å². The standard InChI is InChI=1S/C16H32N2O/c1-13-14(2)19-15(3)16(13)12-17-8-7-11-18-9-5-4-6-10-18/h13-17H,4-12H2,1-3H3. The Labute approximate surface area is 119 Å². The Morgan fingerprint density at radius 3 is 2.42 bits per heavy atom. The van der Waals surface area contributed by atoms with Crippen molar-refractivity contribution in [1.82, 2.24) is 10.2 Å². The van der Waals surface area contributed by atoms with Gasteiger partial charge in [0, 0.05) is 12.5 Å². The van der Waals surface area contributed by atoms with E-state index in [1.54, 1.807) is 0 Å². The van der Waals surface area contributed by atoms with Gasteiger partial charge in [-0.05, 0) is 65.2 Å². The molecule has 4 atom stereocenters. The quantitative estimate of drug-likeness (QED) is 0.749. The zero-order valence-electron chi connectivity index (χ0n) is 13.0. The van der Waals surface area contributed by atoms with Gasteiger partial charge in [-0.25, -0.2) is 0 Å². The van der Waals surface area contributed by atoms with Crippen LogP contribution in [0.3, 0.4) is 0 Å². The molecule has 3 nitrogen and oxygen atoms in total. The number of rotatable bonds is 6. The number of hydrogen-bond donors (Lipinski definition) is 1. The first kappa shape index (κ1) is 15.3. The third-order valence-electron chi connectivity index (χ3n) is 5.10. The van der Waals surface area contributed by atoms with Crippen molar-refractivity contribution >= 4 is 0 Å². The summed E-state index contributed by atoms with van der Waals surface area (Å²) in [5.41, 5.74) is 0. The van der Waals surface area contributed by atoms with E-state index in [-0.39, 0.29) is 0 Å². The van der Waals surface area contributed by atoms with E-state index in [1.807, 2.05) is 0 Å². The van der Waals surface area contributed by atoms with E-state index < -0.39 is 0 Å². The van der Waals surface area contributed by atoms with Crippen molar-refractivity contribution in [3.05, 3.63) is 0 Å². The summed E-state index contributed by atoms with van der Waals surface area (Å²) in [4.78, 5) is 2.62. The molecule has 2 aliphatic heterocycles. The molecule has 2 saturated heterocycles. The molecule has 0 radical (unpaired) electrons. The first-order valence-corrected chi connectivity index (χ1v) is 8.27. The van der Waals surface area contributed by atoms with E-state index in [9.17, 15) is 0 Å². The first-order valence-electron chi connectivity index (χ1n) is 8.27. The van der Waals surface area contributed by atoms with Gasteiger partial charge in [0.25, 0.3) is 0 Å². The second kappa shape index (κ2) is 7.61. The third kappa shape index (κ3) is 4.44. The van der Waals surface area contributed by atoms with Gasteiger partial charge in [-0.1, -0.05) is 13.3 Å². The summed E-state index contributed by atoms with van der Waals surface area (Å²) in [5, 5.41) is 3.64. The predicted molar refractivity (Wildman–Crippen MR) is 80.4 cm³/mol. The fraction of sp³-hybridized carbons (Fsp3) is 1.00. The second-order valence-electron chi connectivity index (χ2n) is 6.53. The van der Waals surface area contributed by atoms with Crippen LogP contribution in [0.15, 0.2) is 0 Å². The summed E-state index contributed by atoms with van der Waals surface area (Å²) >= 11 is 0. The van der Waals surface area contributed by atoms with Crippen molar-refractivity contribution in [3.8, 4) is 0 Å². The number of hydrogen-bond acceptors (Lipinski definition) is 3. The smallest absolute Gasteiger partial charge is 0.0594 e. The van der Waals surface area contributed by atoms with E-state index in [4.69, 9.17) is 4.74 Å². The molecule has 4 unspecified atom stereocenters. The molecule has 2 aliphatic rings. The van der Waals surface area contributed by atoms with Crippen LogP contribution in [0.5, 0.6) is 0 Å². The van der Waals surface area contributed by atoms with Gasteiger partial charge in [0.2, 0.25) is 0 Å². The number of piperidine rings is 1. The van der Waals surface area contributed by atoms with Gasteiger partial charge >= 0.3 is 0 Å². The Morgan fingerprint density at radius 2 is 1.79 bits per heavy atom. The monoisotopic (exact) mass is 268 g/mol. The maximum Gasteiger partial charge on any atom is 0.0594 e. The highest BCUT2D eigenvalue weighted by Crippen LogP contribution is 2.31. The van der Waals surface area contributed by atoms with Crippen LogP contribution in [0.25, 0.3) is 0 Å². The molecule has 2 rings (SSSR count). The normalized spacial score (nSPS) is 36.8. The molecular formula is C16H32N2O. The number of nitrogens with zero attached hydrogens (tertiary/aromatic N) is 1. The van der Waals surface area contributed by atoms with Crippen molar-refractivity contribution in [1.29, 1.82) is 0 Å². The van der Waals surface area contributed by atoms with Crippen LogP contribution in [0.1, 0.15) is 46.5 Å². The summed E-state index contributed by atoms with van der Waals surface area (Å²) in [6.45, 7) is 12.9. The highest BCUT2D eigenvalue weighted by Gasteiger charge is 2.36. The summed E-state index contributed by atoms with van der Waals surface area (Å²) in [5.74, 6) is 1.37. The van der Waals surface area contributed by atoms with Gasteiger partial charge in [0.1, 0.15) is 0 Å². The fourth-order valence-corrected chi connectivity index (χ4v) is 3.57. The summed E-state index contributed by atoms with van der Waals surface area (Å²) in [7, 11) is 0. The van der Waals surface area contributed by atoms with E-state index in [0.717, 1.165) is 13.1 Å². The average Bonchev–Trinajstić information content (AvgIpc) is 2.65. The molecule has 0 saturated carbocycles. The molecule has 3 heteroatoms. The molecule has 0 aromatic carbocycles. The van der Waals surface area contributed by atoms with Crippen molar-refractivity contribution in [2.45, 2.75) is 58.7 Å². The van der Waals surface area contributed by atoms with Crippen LogP contribution in [-0.2, 0) is 4.74 Å². The summed E-state index contributed by atoms with van der Waals surface area (Å²) < 4.78 is 5.89. The van der Waals surface area contributed by atoms with Crippen LogP contribution in [0.2, 0.25) is 0 Å². The van der Waals surface area contributed by atoms with Gasteiger partial charge in [-0.15, -0.1) is 0 Å². The van der Waals surface area contributed by atoms with Crippen LogP contribution >= 0.6 is 0 Å². The Balaban J connectivity index is 1.54. The molecule has 0 aromatic heterocycles. The van der Waals surface area contributed by atoms with Gasteiger partial charge in [-0.3, -0.25) is 0 Å². The minimum Gasteiger partial charge on any atom is -0.375 e. The van der Waals surface area contributed by atoms with Gasteiger partial charge in [0.05, 0.1) is 12.2 Å². The van der Waals surface area contributed by atoms with Crippen molar-refractivity contribution in [3.63, 3.8) is 0 Å². The number of nitrogens with one attached hydrogen (secondary N) is 1. The van der Waals surface area contributed by atoms with E-state index in [1.165, 1.54) is 45.3 Å². The molecule has 0 amide bonds. The Morgan fingerprint density at radius 1 is 1.05 bits per heavy atom. The molecule has 19 heavy (non-hydrogen) atoms. The molecule has 1 N–H and O–H groups in total. The van der Waals surface area contributed by atoms with E-state index in [2.05, 4.69) is 31.0 Å². The largest absolute Gasteiger partial charge is 0.375 e. The SMILES string of the molecule is CC1OC(C)C(CNCCCN2CCCCC2)C1C. The highest BCUT2D eigenvalue weighted by molar-refractivity contribution is 4.85. The average molecular weight is 268 g/mol. The fourth-order valence-electron chi connectivity index (χ4n) is 3.57. The maximum atomic E-state index is 5.89. The molecule has 0 aliphatic carbocycles. The molecule has 112 valence electrons. The molecule has 2 heterocycles. The van der Waals surface area contributed by atoms with E-state index in [0.29, 0.717) is 24.0 Å². The van der Waals surface area contributed by atoms with Crippen molar-refractivity contribution < 1.29 is 4.74 Å². The Kier molecular flexibility index (Phi) is 6.11. The third-order valence-corrected chi connectivity index (χ3v) is 5.10. The lowest BCUT2D eigenvalue weighted by atomic mass is 9.89. The molecule has 2 fully saturated rings. The lowest BCUT2D eigenvalue weighted by Crippen LogP contribution is -2.34. The van der Waals surface area contributed by atoms with Crippen molar-refractivity contribution in [2.24, 2.45) is 11.8 Å². The summed E-state index contributed by atoms with van der Waals surface area (Å²) in [6, 6.07) is 0. The zero-order valence-corrected chi connectivity index (χ0v) is 13.0. The van der Waals surface area contributed by atoms with Gasteiger partial charge < -0.3 is 15.0 Å². The molecular weight excluding hydrogens is 236 g/mol. The second-order valence-corrected chi connectivity index (χ2v) is 6.53. The molecule has 0 bridgehead atoms. The Bertz CT molecular complexity index is 253. The van der Waals surface area contributed by atoms with Crippen LogP contribution < -0.4 is 5.32 Å². The lowest BCUT2D eigenvalue weighted by molar-refractivity contribution is 0.0511. The highest BCUT2D eigenvalue weighted by atomic mass is 16.5. The minimum absolute atomic E-state index is 0.416. The topological polar surface area (TPSA) is 24.5 Å². The van der Waals surface area contributed by atoms with Crippen molar-refractivity contribution in [2.75, 3.05) is 32.7 Å². The number of ether oxygens (including phenoxy) is 1. The predicted octanol–water partition coefficient (Wildman–Crippen LogP) is 2.51. The Hall–Kier alpha value is -0.120. The number of likely N-dealkylation sites (tertiary alicyclic amines) is 1. The first-order chi connectivity index (χ1) is 9.18.